The topological polar surface area (TPSA) is 37.3 Å². The smallest absolute Gasteiger partial charge is 0.327 e. The predicted octanol–water partition coefficient (Wildman–Crippen LogP) is 2.42. The second-order valence-corrected chi connectivity index (χ2v) is 2.94. The SMILES string of the molecule is CCC(Cl)CC/C=C/C(=O)O. The van der Waals surface area contributed by atoms with Crippen LogP contribution in [0.15, 0.2) is 12.2 Å². The van der Waals surface area contributed by atoms with E-state index in [1.54, 1.807) is 6.08 Å². The Kier molecular flexibility index (Phi) is 5.94. The van der Waals surface area contributed by atoms with Gasteiger partial charge in [0.1, 0.15) is 0 Å². The van der Waals surface area contributed by atoms with Gasteiger partial charge in [0.15, 0.2) is 0 Å². The van der Waals surface area contributed by atoms with E-state index in [1.165, 1.54) is 0 Å². The fraction of sp³-hybridized carbons (Fsp3) is 0.625. The molecule has 64 valence electrons. The van der Waals surface area contributed by atoms with Gasteiger partial charge in [-0.05, 0) is 19.3 Å². The van der Waals surface area contributed by atoms with Crippen LogP contribution in [0.4, 0.5) is 0 Å². The standard InChI is InChI=1S/C8H13ClO2/c1-2-7(9)5-3-4-6-8(10)11/h4,6-7H,2-3,5H2,1H3,(H,10,11)/b6-4+. The van der Waals surface area contributed by atoms with Gasteiger partial charge >= 0.3 is 5.97 Å². The summed E-state index contributed by atoms with van der Waals surface area (Å²) in [5, 5.41) is 8.39. The fourth-order valence-electron chi connectivity index (χ4n) is 0.665. The zero-order valence-corrected chi connectivity index (χ0v) is 7.34. The molecule has 0 aromatic carbocycles. The molecule has 0 aliphatic heterocycles. The largest absolute Gasteiger partial charge is 0.478 e. The fourth-order valence-corrected chi connectivity index (χ4v) is 0.791. The number of carboxylic acid groups (broad SMARTS) is 1. The molecule has 0 aromatic heterocycles. The Balaban J connectivity index is 3.33. The summed E-state index contributed by atoms with van der Waals surface area (Å²) in [6, 6.07) is 0. The summed E-state index contributed by atoms with van der Waals surface area (Å²) in [6.45, 7) is 2.01. The molecule has 0 fully saturated rings. The van der Waals surface area contributed by atoms with Gasteiger partial charge in [0, 0.05) is 11.5 Å². The summed E-state index contributed by atoms with van der Waals surface area (Å²) in [7, 11) is 0. The summed E-state index contributed by atoms with van der Waals surface area (Å²) < 4.78 is 0. The highest BCUT2D eigenvalue weighted by Crippen LogP contribution is 2.08. The van der Waals surface area contributed by atoms with E-state index >= 15 is 0 Å². The zero-order chi connectivity index (χ0) is 8.69. The lowest BCUT2D eigenvalue weighted by atomic mass is 10.2. The van der Waals surface area contributed by atoms with Gasteiger partial charge in [-0.1, -0.05) is 13.0 Å². The summed E-state index contributed by atoms with van der Waals surface area (Å²) >= 11 is 5.80. The third-order valence-corrected chi connectivity index (χ3v) is 1.88. The molecule has 0 aromatic rings. The third-order valence-electron chi connectivity index (χ3n) is 1.35. The summed E-state index contributed by atoms with van der Waals surface area (Å²) in [6.07, 6.45) is 5.31. The molecule has 0 saturated heterocycles. The van der Waals surface area contributed by atoms with Crippen molar-refractivity contribution in [2.24, 2.45) is 0 Å². The van der Waals surface area contributed by atoms with Crippen molar-refractivity contribution in [1.82, 2.24) is 0 Å². The number of halogens is 1. The van der Waals surface area contributed by atoms with E-state index in [9.17, 15) is 4.79 Å². The number of aliphatic carboxylic acids is 1. The predicted molar refractivity (Wildman–Crippen MR) is 45.9 cm³/mol. The molecule has 1 atom stereocenters. The van der Waals surface area contributed by atoms with Gasteiger partial charge in [0.2, 0.25) is 0 Å². The van der Waals surface area contributed by atoms with Crippen molar-refractivity contribution in [3.05, 3.63) is 12.2 Å². The second kappa shape index (κ2) is 6.23. The highest BCUT2D eigenvalue weighted by molar-refractivity contribution is 6.20. The van der Waals surface area contributed by atoms with Crippen LogP contribution in [0.5, 0.6) is 0 Å². The maximum absolute atomic E-state index is 9.99. The number of allylic oxidation sites excluding steroid dienone is 1. The Morgan fingerprint density at radius 3 is 2.82 bits per heavy atom. The lowest BCUT2D eigenvalue weighted by Gasteiger charge is -2.01. The zero-order valence-electron chi connectivity index (χ0n) is 6.59. The third kappa shape index (κ3) is 7.40. The first kappa shape index (κ1) is 10.5. The van der Waals surface area contributed by atoms with Crippen molar-refractivity contribution in [3.8, 4) is 0 Å². The number of carbonyl (C=O) groups is 1. The van der Waals surface area contributed by atoms with Crippen LogP contribution in [-0.4, -0.2) is 16.5 Å². The molecular formula is C8H13ClO2. The van der Waals surface area contributed by atoms with Crippen LogP contribution in [0.25, 0.3) is 0 Å². The van der Waals surface area contributed by atoms with Gasteiger partial charge in [0.05, 0.1) is 0 Å². The van der Waals surface area contributed by atoms with Gasteiger partial charge in [-0.2, -0.15) is 0 Å². The van der Waals surface area contributed by atoms with Gasteiger partial charge in [-0.3, -0.25) is 0 Å². The van der Waals surface area contributed by atoms with E-state index in [2.05, 4.69) is 0 Å². The van der Waals surface area contributed by atoms with Gasteiger partial charge in [-0.25, -0.2) is 4.79 Å². The molecule has 2 nitrogen and oxygen atoms in total. The van der Waals surface area contributed by atoms with E-state index in [4.69, 9.17) is 16.7 Å². The number of hydrogen-bond acceptors (Lipinski definition) is 1. The number of carboxylic acids is 1. The Bertz CT molecular complexity index is 143. The Labute approximate surface area is 71.9 Å². The van der Waals surface area contributed by atoms with E-state index in [1.807, 2.05) is 6.92 Å². The number of alkyl halides is 1. The van der Waals surface area contributed by atoms with E-state index in [0.717, 1.165) is 25.3 Å². The van der Waals surface area contributed by atoms with Crippen molar-refractivity contribution in [2.75, 3.05) is 0 Å². The van der Waals surface area contributed by atoms with Crippen LogP contribution in [0.1, 0.15) is 26.2 Å². The molecule has 0 radical (unpaired) electrons. The van der Waals surface area contributed by atoms with Crippen LogP contribution >= 0.6 is 11.6 Å². The van der Waals surface area contributed by atoms with Crippen molar-refractivity contribution >= 4 is 17.6 Å². The Morgan fingerprint density at radius 1 is 1.73 bits per heavy atom. The second-order valence-electron chi connectivity index (χ2n) is 2.32. The van der Waals surface area contributed by atoms with Gasteiger partial charge in [0.25, 0.3) is 0 Å². The number of hydrogen-bond donors (Lipinski definition) is 1. The van der Waals surface area contributed by atoms with Crippen molar-refractivity contribution in [2.45, 2.75) is 31.6 Å². The lowest BCUT2D eigenvalue weighted by molar-refractivity contribution is -0.131. The minimum Gasteiger partial charge on any atom is -0.478 e. The lowest BCUT2D eigenvalue weighted by Crippen LogP contribution is -1.94. The molecule has 0 saturated carbocycles. The minimum absolute atomic E-state index is 0.174. The maximum atomic E-state index is 9.99. The first-order chi connectivity index (χ1) is 5.16. The monoisotopic (exact) mass is 176 g/mol. The first-order valence-electron chi connectivity index (χ1n) is 3.70. The number of rotatable bonds is 5. The molecule has 3 heteroatoms. The molecule has 0 heterocycles. The van der Waals surface area contributed by atoms with Crippen LogP contribution < -0.4 is 0 Å². The molecule has 1 unspecified atom stereocenters. The molecule has 0 aliphatic carbocycles. The quantitative estimate of drug-likeness (QED) is 0.516. The maximum Gasteiger partial charge on any atom is 0.327 e. The van der Waals surface area contributed by atoms with Gasteiger partial charge < -0.3 is 5.11 Å². The van der Waals surface area contributed by atoms with Crippen LogP contribution in [-0.2, 0) is 4.79 Å². The molecule has 0 aliphatic rings. The highest BCUT2D eigenvalue weighted by Gasteiger charge is 1.97. The van der Waals surface area contributed by atoms with Crippen molar-refractivity contribution in [3.63, 3.8) is 0 Å². The molecular weight excluding hydrogens is 164 g/mol. The van der Waals surface area contributed by atoms with Crippen LogP contribution in [0.2, 0.25) is 0 Å². The highest BCUT2D eigenvalue weighted by atomic mass is 35.5. The van der Waals surface area contributed by atoms with E-state index < -0.39 is 5.97 Å². The summed E-state index contributed by atoms with van der Waals surface area (Å²) in [5.41, 5.74) is 0. The Morgan fingerprint density at radius 2 is 2.36 bits per heavy atom. The van der Waals surface area contributed by atoms with Crippen LogP contribution in [0.3, 0.4) is 0 Å². The summed E-state index contributed by atoms with van der Waals surface area (Å²) in [4.78, 5) is 9.99. The van der Waals surface area contributed by atoms with Gasteiger partial charge in [-0.15, -0.1) is 11.6 Å². The van der Waals surface area contributed by atoms with Crippen LogP contribution in [0, 0.1) is 0 Å². The normalized spacial score (nSPS) is 13.6. The molecule has 0 amide bonds. The molecule has 0 spiro atoms. The van der Waals surface area contributed by atoms with Crippen molar-refractivity contribution in [1.29, 1.82) is 0 Å². The van der Waals surface area contributed by atoms with E-state index in [0.29, 0.717) is 0 Å². The molecule has 11 heavy (non-hydrogen) atoms. The first-order valence-corrected chi connectivity index (χ1v) is 4.14. The molecule has 1 N–H and O–H groups in total. The average Bonchev–Trinajstić information content (AvgIpc) is 1.97. The van der Waals surface area contributed by atoms with E-state index in [-0.39, 0.29) is 5.38 Å². The molecule has 0 rings (SSSR count). The Hall–Kier alpha value is -0.500. The summed E-state index contributed by atoms with van der Waals surface area (Å²) in [5.74, 6) is -0.896. The molecule has 0 bridgehead atoms. The average molecular weight is 177 g/mol. The van der Waals surface area contributed by atoms with Crippen molar-refractivity contribution < 1.29 is 9.90 Å². The minimum atomic E-state index is -0.896.